The second kappa shape index (κ2) is 3.80. The highest BCUT2D eigenvalue weighted by atomic mass is 19.1. The fourth-order valence-corrected chi connectivity index (χ4v) is 1.60. The van der Waals surface area contributed by atoms with Crippen molar-refractivity contribution in [1.82, 2.24) is 14.5 Å². The van der Waals surface area contributed by atoms with Crippen molar-refractivity contribution in [1.29, 1.82) is 0 Å². The lowest BCUT2D eigenvalue weighted by Crippen LogP contribution is -2.26. The van der Waals surface area contributed by atoms with Crippen LogP contribution in [0, 0.1) is 12.9 Å². The number of nitrogens with zero attached hydrogens (tertiary/aromatic N) is 2. The van der Waals surface area contributed by atoms with Gasteiger partial charge in [-0.15, -0.1) is 0 Å². The van der Waals surface area contributed by atoms with Crippen LogP contribution >= 0.6 is 0 Å². The van der Waals surface area contributed by atoms with Crippen LogP contribution in [0.4, 0.5) is 4.39 Å². The van der Waals surface area contributed by atoms with E-state index in [1.807, 2.05) is 0 Å². The molecular weight excluding hydrogens is 225 g/mol. The van der Waals surface area contributed by atoms with Crippen molar-refractivity contribution in [2.75, 3.05) is 0 Å². The van der Waals surface area contributed by atoms with E-state index in [2.05, 4.69) is 9.97 Å². The van der Waals surface area contributed by atoms with Crippen molar-refractivity contribution in [3.05, 3.63) is 38.4 Å². The summed E-state index contributed by atoms with van der Waals surface area (Å²) in [6, 6.07) is -0.107. The van der Waals surface area contributed by atoms with Gasteiger partial charge in [-0.25, -0.2) is 4.79 Å². The summed E-state index contributed by atoms with van der Waals surface area (Å²) in [5.41, 5.74) is -0.974. The van der Waals surface area contributed by atoms with Gasteiger partial charge in [0.25, 0.3) is 0 Å². The first-order valence-corrected chi connectivity index (χ1v) is 5.23. The van der Waals surface area contributed by atoms with Crippen molar-refractivity contribution >= 4 is 11.0 Å². The molecule has 2 aromatic rings. The van der Waals surface area contributed by atoms with E-state index in [1.54, 1.807) is 13.8 Å². The number of fused-ring (bicyclic) bond motifs is 1. The third-order valence-electron chi connectivity index (χ3n) is 2.65. The number of aromatic amines is 1. The molecule has 0 saturated carbocycles. The summed E-state index contributed by atoms with van der Waals surface area (Å²) in [7, 11) is 0. The van der Waals surface area contributed by atoms with E-state index in [1.165, 1.54) is 17.7 Å². The Morgan fingerprint density at radius 1 is 1.41 bits per heavy atom. The molecule has 0 spiro atoms. The molecule has 90 valence electrons. The second-order valence-electron chi connectivity index (χ2n) is 4.18. The van der Waals surface area contributed by atoms with Crippen molar-refractivity contribution in [3.8, 4) is 0 Å². The molecule has 0 amide bonds. The van der Waals surface area contributed by atoms with Crippen LogP contribution in [0.1, 0.15) is 25.5 Å². The van der Waals surface area contributed by atoms with Gasteiger partial charge in [-0.1, -0.05) is 0 Å². The highest BCUT2D eigenvalue weighted by Gasteiger charge is 2.12. The Morgan fingerprint density at radius 3 is 2.65 bits per heavy atom. The average Bonchev–Trinajstić information content (AvgIpc) is 2.25. The minimum absolute atomic E-state index is 0.00625. The molecule has 17 heavy (non-hydrogen) atoms. The summed E-state index contributed by atoms with van der Waals surface area (Å²) >= 11 is 0. The highest BCUT2D eigenvalue weighted by molar-refractivity contribution is 5.73. The van der Waals surface area contributed by atoms with E-state index in [0.717, 1.165) is 0 Å². The van der Waals surface area contributed by atoms with Gasteiger partial charge in [-0.05, 0) is 20.8 Å². The lowest BCUT2D eigenvalue weighted by atomic mass is 10.2. The second-order valence-corrected chi connectivity index (χ2v) is 4.18. The first kappa shape index (κ1) is 11.5. The Balaban J connectivity index is 2.95. The van der Waals surface area contributed by atoms with E-state index < -0.39 is 17.1 Å². The monoisotopic (exact) mass is 237 g/mol. The number of H-pyrrole nitrogens is 1. The standard InChI is InChI=1S/C11H12FN3O2/c1-5(2)15-4-7-8(16)6(3)9(12)13-10(7)14-11(15)17/h4-5H,1-3H3,(H,13,14,17). The molecular formula is C11H12FN3O2. The highest BCUT2D eigenvalue weighted by Crippen LogP contribution is 2.08. The van der Waals surface area contributed by atoms with Gasteiger partial charge < -0.3 is 4.98 Å². The molecule has 0 aromatic carbocycles. The molecule has 0 atom stereocenters. The quantitative estimate of drug-likeness (QED) is 0.755. The molecule has 0 radical (unpaired) electrons. The summed E-state index contributed by atoms with van der Waals surface area (Å²) in [6.45, 7) is 5.00. The Kier molecular flexibility index (Phi) is 2.57. The van der Waals surface area contributed by atoms with Gasteiger partial charge in [0.2, 0.25) is 0 Å². The topological polar surface area (TPSA) is 67.8 Å². The summed E-state index contributed by atoms with van der Waals surface area (Å²) in [4.78, 5) is 29.4. The molecule has 0 aliphatic rings. The maximum absolute atomic E-state index is 13.3. The number of hydrogen-bond donors (Lipinski definition) is 1. The average molecular weight is 237 g/mol. The molecule has 0 aliphatic heterocycles. The number of pyridine rings is 1. The van der Waals surface area contributed by atoms with Crippen LogP contribution in [-0.4, -0.2) is 14.5 Å². The Morgan fingerprint density at radius 2 is 2.06 bits per heavy atom. The molecule has 0 bridgehead atoms. The number of aromatic nitrogens is 3. The van der Waals surface area contributed by atoms with Crippen LogP contribution in [0.15, 0.2) is 15.8 Å². The predicted octanol–water partition coefficient (Wildman–Crippen LogP) is 1.11. The minimum atomic E-state index is -0.753. The zero-order valence-corrected chi connectivity index (χ0v) is 9.74. The van der Waals surface area contributed by atoms with Crippen LogP contribution in [0.3, 0.4) is 0 Å². The fraction of sp³-hybridized carbons (Fsp3) is 0.364. The van der Waals surface area contributed by atoms with E-state index in [-0.39, 0.29) is 22.6 Å². The normalized spacial score (nSPS) is 11.4. The van der Waals surface area contributed by atoms with Gasteiger partial charge >= 0.3 is 5.69 Å². The van der Waals surface area contributed by atoms with Crippen LogP contribution < -0.4 is 11.1 Å². The summed E-state index contributed by atoms with van der Waals surface area (Å²) in [6.07, 6.45) is 1.42. The van der Waals surface area contributed by atoms with Crippen molar-refractivity contribution < 1.29 is 4.39 Å². The van der Waals surface area contributed by atoms with E-state index in [4.69, 9.17) is 0 Å². The first-order valence-electron chi connectivity index (χ1n) is 5.23. The molecule has 2 rings (SSSR count). The lowest BCUT2D eigenvalue weighted by Gasteiger charge is -2.09. The van der Waals surface area contributed by atoms with E-state index in [0.29, 0.717) is 0 Å². The minimum Gasteiger partial charge on any atom is -0.316 e. The maximum Gasteiger partial charge on any atom is 0.349 e. The molecule has 0 unspecified atom stereocenters. The summed E-state index contributed by atoms with van der Waals surface area (Å²) < 4.78 is 14.6. The first-order chi connectivity index (χ1) is 7.91. The van der Waals surface area contributed by atoms with Crippen LogP contribution in [0.5, 0.6) is 0 Å². The number of nitrogens with one attached hydrogen (secondary N) is 1. The van der Waals surface area contributed by atoms with Crippen molar-refractivity contribution in [2.45, 2.75) is 26.8 Å². The molecule has 0 saturated heterocycles. The van der Waals surface area contributed by atoms with Gasteiger partial charge in [0, 0.05) is 12.2 Å². The third kappa shape index (κ3) is 1.75. The van der Waals surface area contributed by atoms with Gasteiger partial charge in [0.1, 0.15) is 0 Å². The summed E-state index contributed by atoms with van der Waals surface area (Å²) in [5, 5.41) is 0.220. The zero-order valence-electron chi connectivity index (χ0n) is 9.74. The summed E-state index contributed by atoms with van der Waals surface area (Å²) in [5.74, 6) is -0.753. The number of rotatable bonds is 1. The fourth-order valence-electron chi connectivity index (χ4n) is 1.60. The van der Waals surface area contributed by atoms with Crippen molar-refractivity contribution in [3.63, 3.8) is 0 Å². The maximum atomic E-state index is 13.3. The molecule has 1 N–H and O–H groups in total. The van der Waals surface area contributed by atoms with Gasteiger partial charge in [0.15, 0.2) is 17.0 Å². The number of halogens is 1. The van der Waals surface area contributed by atoms with Gasteiger partial charge in [0.05, 0.1) is 10.9 Å². The van der Waals surface area contributed by atoms with E-state index >= 15 is 0 Å². The van der Waals surface area contributed by atoms with E-state index in [9.17, 15) is 14.0 Å². The smallest absolute Gasteiger partial charge is 0.316 e. The largest absolute Gasteiger partial charge is 0.349 e. The van der Waals surface area contributed by atoms with Crippen molar-refractivity contribution in [2.24, 2.45) is 0 Å². The van der Waals surface area contributed by atoms with Crippen LogP contribution in [0.25, 0.3) is 11.0 Å². The molecule has 2 heterocycles. The Bertz CT molecular complexity index is 700. The van der Waals surface area contributed by atoms with Crippen LogP contribution in [0.2, 0.25) is 0 Å². The van der Waals surface area contributed by atoms with Gasteiger partial charge in [-0.3, -0.25) is 9.36 Å². The van der Waals surface area contributed by atoms with Crippen LogP contribution in [-0.2, 0) is 0 Å². The SMILES string of the molecule is Cc1c(F)[nH]c2nc(=O)n(C(C)C)cc2c1=O. The molecule has 0 aliphatic carbocycles. The zero-order chi connectivity index (χ0) is 12.7. The lowest BCUT2D eigenvalue weighted by molar-refractivity contribution is 0.561. The third-order valence-corrected chi connectivity index (χ3v) is 2.65. The molecule has 5 nitrogen and oxygen atoms in total. The molecule has 6 heteroatoms. The molecule has 0 fully saturated rings. The Hall–Kier alpha value is -1.98. The predicted molar refractivity (Wildman–Crippen MR) is 61.7 cm³/mol. The Labute approximate surface area is 95.9 Å². The van der Waals surface area contributed by atoms with Gasteiger partial charge in [-0.2, -0.15) is 9.37 Å². The molecule has 2 aromatic heterocycles. The number of hydrogen-bond acceptors (Lipinski definition) is 3.